The first-order chi connectivity index (χ1) is 9.74. The predicted octanol–water partition coefficient (Wildman–Crippen LogP) is 2.23. The van der Waals surface area contributed by atoms with Gasteiger partial charge in [0.1, 0.15) is 0 Å². The highest BCUT2D eigenvalue weighted by molar-refractivity contribution is 5.61. The zero-order valence-electron chi connectivity index (χ0n) is 12.3. The number of aliphatic hydroxyl groups excluding tert-OH is 2. The summed E-state index contributed by atoms with van der Waals surface area (Å²) in [5.41, 5.74) is 0. The molecule has 2 rings (SSSR count). The molecule has 2 fully saturated rings. The summed E-state index contributed by atoms with van der Waals surface area (Å²) in [6, 6.07) is 0. The highest BCUT2D eigenvalue weighted by Gasteiger charge is 2.18. The van der Waals surface area contributed by atoms with E-state index in [1.165, 1.54) is 0 Å². The lowest BCUT2D eigenvalue weighted by atomic mass is 9.88. The lowest BCUT2D eigenvalue weighted by molar-refractivity contribution is 0.121. The smallest absolute Gasteiger partial charge is 0.0581 e. The topological polar surface area (TPSA) is 65.2 Å². The summed E-state index contributed by atoms with van der Waals surface area (Å²) < 4.78 is 0. The van der Waals surface area contributed by atoms with Gasteiger partial charge in [-0.3, -0.25) is 9.98 Å². The molecular weight excluding hydrogens is 252 g/mol. The molecule has 0 unspecified atom stereocenters. The van der Waals surface area contributed by atoms with Crippen molar-refractivity contribution in [2.75, 3.05) is 13.1 Å². The van der Waals surface area contributed by atoms with E-state index >= 15 is 0 Å². The number of rotatable bonds is 5. The summed E-state index contributed by atoms with van der Waals surface area (Å²) in [5, 5.41) is 18.9. The highest BCUT2D eigenvalue weighted by atomic mass is 16.3. The Morgan fingerprint density at radius 3 is 1.35 bits per heavy atom. The van der Waals surface area contributed by atoms with Gasteiger partial charge in [-0.2, -0.15) is 0 Å². The van der Waals surface area contributed by atoms with Crippen molar-refractivity contribution in [1.29, 1.82) is 0 Å². The molecule has 2 aliphatic rings. The van der Waals surface area contributed by atoms with Crippen LogP contribution in [0.1, 0.15) is 51.4 Å². The van der Waals surface area contributed by atoms with E-state index in [1.54, 1.807) is 0 Å². The van der Waals surface area contributed by atoms with Gasteiger partial charge in [-0.15, -0.1) is 0 Å². The lowest BCUT2D eigenvalue weighted by Crippen LogP contribution is -2.19. The second kappa shape index (κ2) is 8.53. The molecule has 4 nitrogen and oxygen atoms in total. The fourth-order valence-electron chi connectivity index (χ4n) is 3.06. The van der Waals surface area contributed by atoms with E-state index in [-0.39, 0.29) is 12.2 Å². The first kappa shape index (κ1) is 15.6. The monoisotopic (exact) mass is 280 g/mol. The molecule has 0 heterocycles. The van der Waals surface area contributed by atoms with Crippen molar-refractivity contribution >= 4 is 12.4 Å². The van der Waals surface area contributed by atoms with Crippen LogP contribution in [0, 0.1) is 11.8 Å². The number of aliphatic imine (C=N–C) groups is 2. The maximum atomic E-state index is 9.43. The van der Waals surface area contributed by atoms with Crippen molar-refractivity contribution < 1.29 is 10.2 Å². The summed E-state index contributed by atoms with van der Waals surface area (Å²) in [6.07, 6.45) is 11.9. The Kier molecular flexibility index (Phi) is 6.67. The quantitative estimate of drug-likeness (QED) is 0.599. The van der Waals surface area contributed by atoms with Crippen molar-refractivity contribution in [2.24, 2.45) is 21.8 Å². The Bertz CT molecular complexity index is 282. The normalized spacial score (nSPS) is 35.9. The molecule has 2 saturated carbocycles. The number of nitrogens with zero attached hydrogens (tertiary/aromatic N) is 2. The zero-order valence-corrected chi connectivity index (χ0v) is 12.3. The van der Waals surface area contributed by atoms with Gasteiger partial charge in [0.05, 0.1) is 25.3 Å². The largest absolute Gasteiger partial charge is 0.393 e. The van der Waals surface area contributed by atoms with Crippen molar-refractivity contribution in [3.05, 3.63) is 0 Å². The van der Waals surface area contributed by atoms with Gasteiger partial charge in [-0.1, -0.05) is 0 Å². The Labute approximate surface area is 122 Å². The minimum Gasteiger partial charge on any atom is -0.393 e. The minimum atomic E-state index is -0.0849. The molecule has 0 aromatic carbocycles. The molecule has 4 heteroatoms. The van der Waals surface area contributed by atoms with Crippen LogP contribution in [0.2, 0.25) is 0 Å². The van der Waals surface area contributed by atoms with Gasteiger partial charge in [0.25, 0.3) is 0 Å². The van der Waals surface area contributed by atoms with Crippen LogP contribution in [0.25, 0.3) is 0 Å². The molecule has 0 bridgehead atoms. The molecule has 20 heavy (non-hydrogen) atoms. The van der Waals surface area contributed by atoms with Crippen LogP contribution in [0.5, 0.6) is 0 Å². The first-order valence-corrected chi connectivity index (χ1v) is 8.10. The third-order valence-electron chi connectivity index (χ3n) is 4.47. The average molecular weight is 280 g/mol. The van der Waals surface area contributed by atoms with Gasteiger partial charge in [0.2, 0.25) is 0 Å². The Morgan fingerprint density at radius 1 is 0.650 bits per heavy atom. The van der Waals surface area contributed by atoms with Crippen molar-refractivity contribution in [3.63, 3.8) is 0 Å². The van der Waals surface area contributed by atoms with Crippen LogP contribution in [-0.4, -0.2) is 47.9 Å². The molecule has 0 spiro atoms. The summed E-state index contributed by atoms with van der Waals surface area (Å²) >= 11 is 0. The van der Waals surface area contributed by atoms with Crippen molar-refractivity contribution in [1.82, 2.24) is 0 Å². The van der Waals surface area contributed by atoms with Crippen LogP contribution in [0.4, 0.5) is 0 Å². The van der Waals surface area contributed by atoms with Crippen molar-refractivity contribution in [3.8, 4) is 0 Å². The Hall–Kier alpha value is -0.740. The molecular formula is C16H28N2O2. The van der Waals surface area contributed by atoms with E-state index in [1.807, 2.05) is 0 Å². The molecule has 0 radical (unpaired) electrons. The van der Waals surface area contributed by atoms with E-state index in [2.05, 4.69) is 22.4 Å². The average Bonchev–Trinajstić information content (AvgIpc) is 2.46. The van der Waals surface area contributed by atoms with Crippen LogP contribution in [-0.2, 0) is 0 Å². The van der Waals surface area contributed by atoms with Gasteiger partial charge in [-0.25, -0.2) is 0 Å². The third kappa shape index (κ3) is 5.71. The van der Waals surface area contributed by atoms with Gasteiger partial charge in [0, 0.05) is 12.4 Å². The standard InChI is InChI=1S/C16H28N2O2/c19-15-5-1-13(2-6-15)11-17-9-10-18-12-14-3-7-16(20)8-4-14/h11-16,19-20H,1-10H2. The number of hydrogen-bond donors (Lipinski definition) is 2. The molecule has 2 N–H and O–H groups in total. The molecule has 0 aromatic rings. The number of aliphatic hydroxyl groups is 2. The summed E-state index contributed by atoms with van der Waals surface area (Å²) in [5.74, 6) is 1.12. The van der Waals surface area contributed by atoms with E-state index in [4.69, 9.17) is 0 Å². The van der Waals surface area contributed by atoms with Gasteiger partial charge < -0.3 is 10.2 Å². The molecule has 0 atom stereocenters. The fraction of sp³-hybridized carbons (Fsp3) is 0.875. The summed E-state index contributed by atoms with van der Waals surface area (Å²) in [6.45, 7) is 1.54. The lowest BCUT2D eigenvalue weighted by Gasteiger charge is -2.22. The van der Waals surface area contributed by atoms with Gasteiger partial charge >= 0.3 is 0 Å². The predicted molar refractivity (Wildman–Crippen MR) is 82.6 cm³/mol. The van der Waals surface area contributed by atoms with Gasteiger partial charge in [0.15, 0.2) is 0 Å². The third-order valence-corrected chi connectivity index (χ3v) is 4.47. The SMILES string of the molecule is OC1CCC(C=NCCN=CC2CCC(O)CC2)CC1. The van der Waals surface area contributed by atoms with Crippen molar-refractivity contribution in [2.45, 2.75) is 63.6 Å². The maximum Gasteiger partial charge on any atom is 0.0581 e. The zero-order chi connectivity index (χ0) is 14.2. The molecule has 0 amide bonds. The van der Waals surface area contributed by atoms with Crippen LogP contribution < -0.4 is 0 Å². The number of hydrogen-bond acceptors (Lipinski definition) is 4. The first-order valence-electron chi connectivity index (χ1n) is 8.10. The summed E-state index contributed by atoms with van der Waals surface area (Å²) in [4.78, 5) is 8.91. The van der Waals surface area contributed by atoms with E-state index in [0.29, 0.717) is 11.8 Å². The van der Waals surface area contributed by atoms with E-state index in [0.717, 1.165) is 64.5 Å². The van der Waals surface area contributed by atoms with E-state index < -0.39 is 0 Å². The molecule has 0 aromatic heterocycles. The maximum absolute atomic E-state index is 9.43. The molecule has 0 saturated heterocycles. The van der Waals surface area contributed by atoms with E-state index in [9.17, 15) is 10.2 Å². The van der Waals surface area contributed by atoms with Crippen LogP contribution in [0.15, 0.2) is 9.98 Å². The summed E-state index contributed by atoms with van der Waals surface area (Å²) in [7, 11) is 0. The fourth-order valence-corrected chi connectivity index (χ4v) is 3.06. The van der Waals surface area contributed by atoms with Gasteiger partial charge in [-0.05, 0) is 63.2 Å². The second-order valence-electron chi connectivity index (χ2n) is 6.25. The second-order valence-corrected chi connectivity index (χ2v) is 6.25. The van der Waals surface area contributed by atoms with Crippen LogP contribution >= 0.6 is 0 Å². The Balaban J connectivity index is 1.54. The Morgan fingerprint density at radius 2 is 1.00 bits per heavy atom. The molecule has 2 aliphatic carbocycles. The minimum absolute atomic E-state index is 0.0849. The van der Waals surface area contributed by atoms with Crippen LogP contribution in [0.3, 0.4) is 0 Å². The molecule has 0 aliphatic heterocycles. The molecule has 114 valence electrons. The highest BCUT2D eigenvalue weighted by Crippen LogP contribution is 2.23.